The van der Waals surface area contributed by atoms with Gasteiger partial charge < -0.3 is 31.7 Å². The van der Waals surface area contributed by atoms with E-state index in [1.54, 1.807) is 24.3 Å². The van der Waals surface area contributed by atoms with Gasteiger partial charge in [0.05, 0.1) is 11.9 Å². The van der Waals surface area contributed by atoms with Gasteiger partial charge in [-0.1, -0.05) is 102 Å². The number of aliphatic hydroxyl groups is 1. The minimum absolute atomic E-state index is 0.135. The number of nitrogens with zero attached hydrogens (tertiary/aromatic N) is 1. The summed E-state index contributed by atoms with van der Waals surface area (Å²) < 4.78 is -0.617. The predicted molar refractivity (Wildman–Crippen MR) is 187 cm³/mol. The molecule has 0 spiro atoms. The summed E-state index contributed by atoms with van der Waals surface area (Å²) in [5.74, 6) is -1.85. The fraction of sp³-hybridized carbons (Fsp3) is 0.556. The third kappa shape index (κ3) is 9.81. The maximum Gasteiger partial charge on any atom is 0.254 e. The molecule has 10 nitrogen and oxygen atoms in total. The first-order valence-electron chi connectivity index (χ1n) is 16.1. The third-order valence-electron chi connectivity index (χ3n) is 8.85. The van der Waals surface area contributed by atoms with Crippen LogP contribution >= 0.6 is 11.8 Å². The number of hydrogen-bond donors (Lipinski definition) is 5. The van der Waals surface area contributed by atoms with Gasteiger partial charge in [0.2, 0.25) is 17.7 Å². The maximum atomic E-state index is 14.1. The van der Waals surface area contributed by atoms with Crippen molar-refractivity contribution in [3.63, 3.8) is 0 Å². The summed E-state index contributed by atoms with van der Waals surface area (Å²) in [6, 6.07) is 14.0. The molecule has 3 rings (SSSR count). The molecule has 1 saturated heterocycles. The van der Waals surface area contributed by atoms with Crippen LogP contribution in [0.5, 0.6) is 0 Å². The van der Waals surface area contributed by atoms with E-state index < -0.39 is 58.2 Å². The number of carbonyl (C=O) groups excluding carboxylic acids is 4. The van der Waals surface area contributed by atoms with E-state index in [2.05, 4.69) is 16.0 Å². The Morgan fingerprint density at radius 1 is 0.894 bits per heavy atom. The van der Waals surface area contributed by atoms with Crippen molar-refractivity contribution >= 4 is 35.4 Å². The molecule has 1 aliphatic heterocycles. The van der Waals surface area contributed by atoms with Crippen molar-refractivity contribution in [2.45, 2.75) is 110 Å². The highest BCUT2D eigenvalue weighted by molar-refractivity contribution is 8.00. The second kappa shape index (κ2) is 15.2. The molecular weight excluding hydrogens is 614 g/mol. The van der Waals surface area contributed by atoms with Crippen molar-refractivity contribution in [3.05, 3.63) is 71.8 Å². The summed E-state index contributed by atoms with van der Waals surface area (Å²) in [5, 5.41) is 20.4. The summed E-state index contributed by atoms with van der Waals surface area (Å²) in [6.07, 6.45) is -1.54. The van der Waals surface area contributed by atoms with Crippen LogP contribution in [0.4, 0.5) is 0 Å². The Balaban J connectivity index is 1.89. The quantitative estimate of drug-likeness (QED) is 0.246. The van der Waals surface area contributed by atoms with Crippen molar-refractivity contribution in [1.82, 2.24) is 20.9 Å². The zero-order valence-electron chi connectivity index (χ0n) is 29.2. The molecule has 1 aliphatic rings. The van der Waals surface area contributed by atoms with E-state index in [-0.39, 0.29) is 29.7 Å². The van der Waals surface area contributed by atoms with Crippen molar-refractivity contribution in [3.8, 4) is 0 Å². The van der Waals surface area contributed by atoms with Crippen LogP contribution in [0.2, 0.25) is 0 Å². The summed E-state index contributed by atoms with van der Waals surface area (Å²) in [7, 11) is 0. The van der Waals surface area contributed by atoms with Gasteiger partial charge in [0.15, 0.2) is 6.10 Å². The number of carbonyl (C=O) groups is 4. The van der Waals surface area contributed by atoms with Crippen molar-refractivity contribution < 1.29 is 24.3 Å². The lowest BCUT2D eigenvalue weighted by atomic mass is 9.85. The number of thioether (sulfide) groups is 1. The number of nitrogens with one attached hydrogen (secondary N) is 3. The van der Waals surface area contributed by atoms with E-state index in [1.165, 1.54) is 16.7 Å². The van der Waals surface area contributed by atoms with Gasteiger partial charge in [-0.15, -0.1) is 11.8 Å². The second-order valence-electron chi connectivity index (χ2n) is 15.1. The Labute approximate surface area is 284 Å². The minimum Gasteiger partial charge on any atom is -0.381 e. The topological polar surface area (TPSA) is 154 Å². The Morgan fingerprint density at radius 2 is 1.45 bits per heavy atom. The molecule has 4 amide bonds. The predicted octanol–water partition coefficient (Wildman–Crippen LogP) is 3.54. The van der Waals surface area contributed by atoms with Crippen LogP contribution in [-0.2, 0) is 25.6 Å². The molecule has 258 valence electrons. The number of benzene rings is 2. The normalized spacial score (nSPS) is 19.6. The first kappa shape index (κ1) is 38.0. The summed E-state index contributed by atoms with van der Waals surface area (Å²) in [5.41, 5.74) is 6.68. The first-order valence-corrected chi connectivity index (χ1v) is 17.1. The van der Waals surface area contributed by atoms with E-state index in [9.17, 15) is 24.3 Å². The minimum atomic E-state index is -1.67. The molecule has 1 fully saturated rings. The highest BCUT2D eigenvalue weighted by Gasteiger charge is 2.50. The van der Waals surface area contributed by atoms with Gasteiger partial charge in [0.25, 0.3) is 5.91 Å². The Kier molecular flexibility index (Phi) is 12.3. The molecule has 1 unspecified atom stereocenters. The maximum absolute atomic E-state index is 14.1. The lowest BCUT2D eigenvalue weighted by molar-refractivity contribution is -0.148. The summed E-state index contributed by atoms with van der Waals surface area (Å²) in [4.78, 5) is 56.3. The fourth-order valence-electron chi connectivity index (χ4n) is 5.36. The molecule has 1 heterocycles. The summed E-state index contributed by atoms with van der Waals surface area (Å²) >= 11 is 1.46. The van der Waals surface area contributed by atoms with Gasteiger partial charge in [-0.05, 0) is 49.1 Å². The van der Waals surface area contributed by atoms with E-state index in [0.29, 0.717) is 5.56 Å². The second-order valence-corrected chi connectivity index (χ2v) is 16.7. The zero-order chi connectivity index (χ0) is 35.3. The number of hydrogen-bond acceptors (Lipinski definition) is 7. The van der Waals surface area contributed by atoms with E-state index >= 15 is 0 Å². The van der Waals surface area contributed by atoms with Crippen LogP contribution < -0.4 is 21.7 Å². The van der Waals surface area contributed by atoms with Gasteiger partial charge in [-0.2, -0.15) is 0 Å². The van der Waals surface area contributed by atoms with E-state index in [4.69, 9.17) is 5.73 Å². The van der Waals surface area contributed by atoms with Crippen LogP contribution in [-0.4, -0.2) is 74.5 Å². The third-order valence-corrected chi connectivity index (χ3v) is 10.2. The Hall–Kier alpha value is -3.41. The summed E-state index contributed by atoms with van der Waals surface area (Å²) in [6.45, 7) is 17.2. The molecule has 0 radical (unpaired) electrons. The molecule has 0 aliphatic carbocycles. The molecule has 2 aromatic carbocycles. The molecule has 0 saturated carbocycles. The number of aliphatic hydroxyl groups excluding tert-OH is 1. The molecule has 47 heavy (non-hydrogen) atoms. The smallest absolute Gasteiger partial charge is 0.254 e. The number of nitrogens with two attached hydrogens (primary N) is 1. The van der Waals surface area contributed by atoms with Crippen LogP contribution in [0, 0.1) is 10.8 Å². The van der Waals surface area contributed by atoms with E-state index in [1.807, 2.05) is 98.7 Å². The standard InChI is InChI=1S/C36H53N5O5S/c1-22(34(2,3)4)38-32(45)29-36(8,9)47-21-41(29)33(46)27(42)25(20-23-16-12-10-13-17-23)39-31(44)28(35(5,6)7)40-30(43)26(37)24-18-14-11-15-19-24/h10-19,22,25-29,42H,20-21,37H2,1-9H3,(H,38,45)(H,39,44)(H,40,43)/t22?,25-,26-,27-,28+,29+/m0/s1. The average molecular weight is 668 g/mol. The molecule has 2 aromatic rings. The van der Waals surface area contributed by atoms with Crippen LogP contribution in [0.15, 0.2) is 60.7 Å². The molecule has 11 heteroatoms. The van der Waals surface area contributed by atoms with Crippen molar-refractivity contribution in [2.75, 3.05) is 5.88 Å². The van der Waals surface area contributed by atoms with Crippen LogP contribution in [0.25, 0.3) is 0 Å². The van der Waals surface area contributed by atoms with Gasteiger partial charge >= 0.3 is 0 Å². The Morgan fingerprint density at radius 3 is 1.98 bits per heavy atom. The zero-order valence-corrected chi connectivity index (χ0v) is 30.0. The molecule has 0 aromatic heterocycles. The largest absolute Gasteiger partial charge is 0.381 e. The lowest BCUT2D eigenvalue weighted by Gasteiger charge is -2.36. The van der Waals surface area contributed by atoms with Crippen LogP contribution in [0.1, 0.15) is 79.5 Å². The molecular formula is C36H53N5O5S. The lowest BCUT2D eigenvalue weighted by Crippen LogP contribution is -2.62. The van der Waals surface area contributed by atoms with Gasteiger partial charge in [0.1, 0.15) is 18.1 Å². The highest BCUT2D eigenvalue weighted by atomic mass is 32.2. The SMILES string of the molecule is CC(NC(=O)[C@H]1N(C(=O)[C@@H](O)[C@H](Cc2ccccc2)NC(=O)[C@@H](NC(=O)[C@@H](N)c2ccccc2)C(C)(C)C)CSC1(C)C)C(C)(C)C. The van der Waals surface area contributed by atoms with Crippen molar-refractivity contribution in [1.29, 1.82) is 0 Å². The average Bonchev–Trinajstić information content (AvgIpc) is 3.32. The van der Waals surface area contributed by atoms with Gasteiger partial charge in [0, 0.05) is 10.8 Å². The first-order chi connectivity index (χ1) is 21.7. The monoisotopic (exact) mass is 667 g/mol. The number of amides is 4. The van der Waals surface area contributed by atoms with Gasteiger partial charge in [-0.25, -0.2) is 0 Å². The van der Waals surface area contributed by atoms with E-state index in [0.717, 1.165) is 5.56 Å². The molecule has 6 atom stereocenters. The number of rotatable bonds is 11. The highest BCUT2D eigenvalue weighted by Crippen LogP contribution is 2.40. The molecule has 6 N–H and O–H groups in total. The molecule has 0 bridgehead atoms. The Bertz CT molecular complexity index is 1390. The van der Waals surface area contributed by atoms with Crippen LogP contribution in [0.3, 0.4) is 0 Å². The fourth-order valence-corrected chi connectivity index (χ4v) is 6.50. The van der Waals surface area contributed by atoms with Crippen molar-refractivity contribution in [2.24, 2.45) is 16.6 Å². The van der Waals surface area contributed by atoms with Gasteiger partial charge in [-0.3, -0.25) is 19.2 Å².